The van der Waals surface area contributed by atoms with Crippen molar-refractivity contribution in [3.63, 3.8) is 0 Å². The van der Waals surface area contributed by atoms with E-state index in [1.54, 1.807) is 0 Å². The summed E-state index contributed by atoms with van der Waals surface area (Å²) in [6.07, 6.45) is 0. The van der Waals surface area contributed by atoms with Gasteiger partial charge in [0.05, 0.1) is 0 Å². The fraction of sp³-hybridized carbons (Fsp3) is 0.217. The van der Waals surface area contributed by atoms with Crippen LogP contribution in [0.15, 0.2) is 54.6 Å². The molecular formula is C23H24GeO3. The van der Waals surface area contributed by atoms with Crippen LogP contribution in [0.3, 0.4) is 0 Å². The SMILES string of the molecule is [CH3][Ge][O]c1cc(C)cc(Oc2cc(C)cc(Oc3cc(C)cc(C)c3)c2)c1. The molecule has 3 aromatic rings. The van der Waals surface area contributed by atoms with Crippen molar-refractivity contribution in [2.24, 2.45) is 0 Å². The Hall–Kier alpha value is -2.40. The predicted octanol–water partition coefficient (Wildman–Crippen LogP) is 6.55. The summed E-state index contributed by atoms with van der Waals surface area (Å²) in [6.45, 7) is 8.22. The van der Waals surface area contributed by atoms with Gasteiger partial charge >= 0.3 is 148 Å². The molecule has 0 bridgehead atoms. The maximum absolute atomic E-state index is 6.11. The molecule has 138 valence electrons. The van der Waals surface area contributed by atoms with Crippen LogP contribution in [0.25, 0.3) is 0 Å². The first-order valence-corrected chi connectivity index (χ1v) is 11.9. The van der Waals surface area contributed by atoms with Gasteiger partial charge in [0.15, 0.2) is 0 Å². The van der Waals surface area contributed by atoms with Crippen molar-refractivity contribution in [3.8, 4) is 28.7 Å². The number of hydrogen-bond acceptors (Lipinski definition) is 3. The molecule has 3 rings (SSSR count). The van der Waals surface area contributed by atoms with Crippen molar-refractivity contribution in [1.29, 1.82) is 0 Å². The van der Waals surface area contributed by atoms with Gasteiger partial charge in [0, 0.05) is 0 Å². The second-order valence-electron chi connectivity index (χ2n) is 6.80. The van der Waals surface area contributed by atoms with Crippen molar-refractivity contribution >= 4 is 15.8 Å². The van der Waals surface area contributed by atoms with E-state index in [1.807, 2.05) is 62.4 Å². The molecule has 0 heterocycles. The first kappa shape index (κ1) is 19.4. The zero-order valence-electron chi connectivity index (χ0n) is 16.4. The fourth-order valence-corrected chi connectivity index (χ4v) is 3.79. The Labute approximate surface area is 168 Å². The average Bonchev–Trinajstić information content (AvgIpc) is 2.52. The summed E-state index contributed by atoms with van der Waals surface area (Å²) in [5.41, 5.74) is 4.55. The Morgan fingerprint density at radius 1 is 0.481 bits per heavy atom. The number of aryl methyl sites for hydroxylation is 4. The first-order valence-electron chi connectivity index (χ1n) is 8.92. The van der Waals surface area contributed by atoms with Gasteiger partial charge in [-0.3, -0.25) is 0 Å². The standard InChI is InChI=1S/C23H24GeO3/c1-15-6-16(2)8-19(7-15)25-20-9-17(3)10-21(13-20)26-22-11-18(4)12-23(14-22)27-24-5/h6-14H,1-5H3. The van der Waals surface area contributed by atoms with Crippen LogP contribution in [0.1, 0.15) is 22.3 Å². The van der Waals surface area contributed by atoms with Crippen LogP contribution in [0.4, 0.5) is 0 Å². The van der Waals surface area contributed by atoms with E-state index >= 15 is 0 Å². The minimum atomic E-state index is -0.401. The van der Waals surface area contributed by atoms with Crippen LogP contribution >= 0.6 is 0 Å². The third kappa shape index (κ3) is 5.54. The van der Waals surface area contributed by atoms with Gasteiger partial charge in [-0.2, -0.15) is 0 Å². The van der Waals surface area contributed by atoms with Gasteiger partial charge in [-0.1, -0.05) is 6.07 Å². The van der Waals surface area contributed by atoms with Crippen LogP contribution in [0.5, 0.6) is 28.7 Å². The molecule has 0 fully saturated rings. The van der Waals surface area contributed by atoms with Gasteiger partial charge in [0.25, 0.3) is 0 Å². The summed E-state index contributed by atoms with van der Waals surface area (Å²) >= 11 is -0.401. The van der Waals surface area contributed by atoms with E-state index < -0.39 is 15.8 Å². The Balaban J connectivity index is 1.85. The minimum absolute atomic E-state index is 0.401. The van der Waals surface area contributed by atoms with Gasteiger partial charge in [-0.15, -0.1) is 0 Å². The number of hydrogen-bond donors (Lipinski definition) is 0. The van der Waals surface area contributed by atoms with Gasteiger partial charge in [0.1, 0.15) is 0 Å². The van der Waals surface area contributed by atoms with E-state index in [4.69, 9.17) is 13.2 Å². The third-order valence-electron chi connectivity index (χ3n) is 3.94. The van der Waals surface area contributed by atoms with Crippen LogP contribution in [-0.4, -0.2) is 15.8 Å². The van der Waals surface area contributed by atoms with Gasteiger partial charge in [-0.25, -0.2) is 0 Å². The van der Waals surface area contributed by atoms with E-state index in [-0.39, 0.29) is 0 Å². The normalized spacial score (nSPS) is 10.6. The molecule has 0 spiro atoms. The zero-order valence-corrected chi connectivity index (χ0v) is 18.5. The summed E-state index contributed by atoms with van der Waals surface area (Å²) in [6, 6.07) is 18.1. The molecule has 0 saturated heterocycles. The second kappa shape index (κ2) is 8.53. The summed E-state index contributed by atoms with van der Waals surface area (Å²) in [5.74, 6) is 6.08. The van der Waals surface area contributed by atoms with Crippen LogP contribution in [-0.2, 0) is 0 Å². The summed E-state index contributed by atoms with van der Waals surface area (Å²) in [5, 5.41) is 0. The molecule has 0 saturated carbocycles. The predicted molar refractivity (Wildman–Crippen MR) is 111 cm³/mol. The Kier molecular flexibility index (Phi) is 6.12. The number of ether oxygens (including phenoxy) is 2. The number of rotatable bonds is 6. The summed E-state index contributed by atoms with van der Waals surface area (Å²) in [7, 11) is 0. The van der Waals surface area contributed by atoms with Crippen molar-refractivity contribution in [3.05, 3.63) is 76.9 Å². The molecule has 2 radical (unpaired) electrons. The Morgan fingerprint density at radius 3 is 1.26 bits per heavy atom. The third-order valence-corrected chi connectivity index (χ3v) is 4.86. The zero-order chi connectivity index (χ0) is 19.4. The van der Waals surface area contributed by atoms with Crippen molar-refractivity contribution in [1.82, 2.24) is 0 Å². The van der Waals surface area contributed by atoms with Gasteiger partial charge in [-0.05, 0) is 13.8 Å². The molecule has 3 nitrogen and oxygen atoms in total. The molecule has 0 aliphatic carbocycles. The van der Waals surface area contributed by atoms with E-state index in [9.17, 15) is 0 Å². The van der Waals surface area contributed by atoms with Crippen molar-refractivity contribution in [2.75, 3.05) is 0 Å². The topological polar surface area (TPSA) is 27.7 Å². The molecule has 3 aromatic carbocycles. The van der Waals surface area contributed by atoms with E-state index in [0.717, 1.165) is 39.9 Å². The quantitative estimate of drug-likeness (QED) is 0.423. The molecule has 0 amide bonds. The van der Waals surface area contributed by atoms with Crippen molar-refractivity contribution in [2.45, 2.75) is 33.5 Å². The molecule has 0 atom stereocenters. The molecule has 0 unspecified atom stereocenters. The molecule has 0 aromatic heterocycles. The maximum atomic E-state index is 6.11. The van der Waals surface area contributed by atoms with Crippen LogP contribution in [0.2, 0.25) is 5.76 Å². The molecule has 4 heteroatoms. The molecular weight excluding hydrogens is 397 g/mol. The molecule has 0 N–H and O–H groups in total. The van der Waals surface area contributed by atoms with E-state index in [0.29, 0.717) is 0 Å². The molecule has 0 aliphatic heterocycles. The monoisotopic (exact) mass is 422 g/mol. The van der Waals surface area contributed by atoms with Crippen LogP contribution < -0.4 is 13.2 Å². The van der Waals surface area contributed by atoms with E-state index in [2.05, 4.69) is 25.7 Å². The second-order valence-corrected chi connectivity index (χ2v) is 8.08. The first-order chi connectivity index (χ1) is 12.9. The summed E-state index contributed by atoms with van der Waals surface area (Å²) in [4.78, 5) is 0. The van der Waals surface area contributed by atoms with Crippen molar-refractivity contribution < 1.29 is 13.2 Å². The Morgan fingerprint density at radius 2 is 0.815 bits per heavy atom. The molecule has 0 aliphatic rings. The Bertz CT molecular complexity index is 930. The fourth-order valence-electron chi connectivity index (χ4n) is 3.05. The molecule has 27 heavy (non-hydrogen) atoms. The van der Waals surface area contributed by atoms with E-state index in [1.165, 1.54) is 11.1 Å². The number of benzene rings is 3. The van der Waals surface area contributed by atoms with Crippen LogP contribution in [0, 0.1) is 27.7 Å². The van der Waals surface area contributed by atoms with Gasteiger partial charge < -0.3 is 0 Å². The van der Waals surface area contributed by atoms with Gasteiger partial charge in [0.2, 0.25) is 0 Å². The summed E-state index contributed by atoms with van der Waals surface area (Å²) < 4.78 is 17.9. The average molecular weight is 421 g/mol.